The van der Waals surface area contributed by atoms with E-state index in [0.29, 0.717) is 17.7 Å². The number of rotatable bonds is 3. The van der Waals surface area contributed by atoms with Gasteiger partial charge < -0.3 is 4.74 Å². The molecule has 3 nitrogen and oxygen atoms in total. The minimum Gasteiger partial charge on any atom is -0.423 e. The number of carbonyl (C=O) groups excluding carboxylic acids is 1. The average molecular weight is 433 g/mol. The Balaban J connectivity index is 0.00000166. The van der Waals surface area contributed by atoms with E-state index in [1.54, 1.807) is 13.0 Å². The molecular weight excluding hydrogens is 417 g/mol. The van der Waals surface area contributed by atoms with E-state index in [0.717, 1.165) is 12.1 Å². The molecule has 0 fully saturated rings. The zero-order chi connectivity index (χ0) is 23.3. The van der Waals surface area contributed by atoms with Crippen molar-refractivity contribution in [1.82, 2.24) is 0 Å². The molecular formula is C23H16F5NO2. The minimum atomic E-state index is -1.56. The van der Waals surface area contributed by atoms with E-state index in [-0.39, 0.29) is 11.1 Å². The Morgan fingerprint density at radius 1 is 0.839 bits per heavy atom. The third kappa shape index (κ3) is 5.07. The largest absolute Gasteiger partial charge is 0.423 e. The molecule has 3 aromatic rings. The summed E-state index contributed by atoms with van der Waals surface area (Å²) in [7, 11) is 0. The zero-order valence-electron chi connectivity index (χ0n) is 16.7. The van der Waals surface area contributed by atoms with Gasteiger partial charge >= 0.3 is 5.97 Å². The normalized spacial score (nSPS) is 10.0. The van der Waals surface area contributed by atoms with Crippen molar-refractivity contribution in [3.63, 3.8) is 0 Å². The standard InChI is InChI=1S/C21H10F5NO2.C2H6/c1-10-2-3-13(15(22)4-10)11-5-18(25)20(19(26)6-11)21(28)29-12-7-16(23)14(9-27)17(24)8-12;1-2/h2-8H,1H3;1-2H3. The van der Waals surface area contributed by atoms with E-state index in [2.05, 4.69) is 4.74 Å². The van der Waals surface area contributed by atoms with Crippen molar-refractivity contribution in [2.45, 2.75) is 20.8 Å². The van der Waals surface area contributed by atoms with Crippen LogP contribution in [0.25, 0.3) is 11.1 Å². The molecule has 0 amide bonds. The maximum Gasteiger partial charge on any atom is 0.349 e. The lowest BCUT2D eigenvalue weighted by Gasteiger charge is -2.10. The molecule has 0 saturated carbocycles. The highest BCUT2D eigenvalue weighted by molar-refractivity contribution is 5.92. The fourth-order valence-corrected chi connectivity index (χ4v) is 2.65. The summed E-state index contributed by atoms with van der Waals surface area (Å²) in [5.41, 5.74) is -1.64. The van der Waals surface area contributed by atoms with Crippen LogP contribution in [0.2, 0.25) is 0 Å². The molecule has 8 heteroatoms. The van der Waals surface area contributed by atoms with Crippen molar-refractivity contribution in [2.24, 2.45) is 0 Å². The first kappa shape index (κ1) is 23.5. The molecule has 0 bridgehead atoms. The number of halogens is 5. The third-order valence-corrected chi connectivity index (χ3v) is 4.02. The van der Waals surface area contributed by atoms with Gasteiger partial charge in [0.2, 0.25) is 0 Å². The van der Waals surface area contributed by atoms with Crippen LogP contribution in [0.15, 0.2) is 42.5 Å². The van der Waals surface area contributed by atoms with Gasteiger partial charge in [0.25, 0.3) is 0 Å². The van der Waals surface area contributed by atoms with Crippen LogP contribution in [0.1, 0.15) is 35.3 Å². The van der Waals surface area contributed by atoms with Gasteiger partial charge in [0, 0.05) is 17.7 Å². The van der Waals surface area contributed by atoms with Crippen LogP contribution in [0.4, 0.5) is 22.0 Å². The Morgan fingerprint density at radius 2 is 1.39 bits per heavy atom. The molecule has 0 heterocycles. The van der Waals surface area contributed by atoms with E-state index in [1.165, 1.54) is 18.2 Å². The average Bonchev–Trinajstić information content (AvgIpc) is 2.68. The molecule has 0 atom stereocenters. The van der Waals surface area contributed by atoms with Gasteiger partial charge in [0.15, 0.2) is 0 Å². The zero-order valence-corrected chi connectivity index (χ0v) is 16.7. The molecule has 0 N–H and O–H groups in total. The molecule has 0 aliphatic heterocycles. The van der Waals surface area contributed by atoms with Crippen LogP contribution in [0, 0.1) is 47.3 Å². The third-order valence-electron chi connectivity index (χ3n) is 4.02. The van der Waals surface area contributed by atoms with Gasteiger partial charge in [-0.25, -0.2) is 26.7 Å². The quantitative estimate of drug-likeness (QED) is 0.270. The predicted octanol–water partition coefficient (Wildman–Crippen LogP) is 6.47. The summed E-state index contributed by atoms with van der Waals surface area (Å²) in [6.45, 7) is 5.64. The van der Waals surface area contributed by atoms with Gasteiger partial charge in [-0.05, 0) is 36.2 Å². The number of ether oxygens (including phenoxy) is 1. The summed E-state index contributed by atoms with van der Waals surface area (Å²) in [5, 5.41) is 8.61. The first-order valence-corrected chi connectivity index (χ1v) is 9.08. The highest BCUT2D eigenvalue weighted by atomic mass is 19.1. The highest BCUT2D eigenvalue weighted by Crippen LogP contribution is 2.28. The topological polar surface area (TPSA) is 50.1 Å². The minimum absolute atomic E-state index is 0.0791. The molecule has 0 unspecified atom stereocenters. The van der Waals surface area contributed by atoms with Crippen LogP contribution < -0.4 is 4.74 Å². The van der Waals surface area contributed by atoms with Crippen molar-refractivity contribution >= 4 is 5.97 Å². The fraction of sp³-hybridized carbons (Fsp3) is 0.130. The number of aryl methyl sites for hydroxylation is 1. The van der Waals surface area contributed by atoms with Crippen LogP contribution in [-0.2, 0) is 0 Å². The predicted molar refractivity (Wildman–Crippen MR) is 104 cm³/mol. The second-order valence-electron chi connectivity index (χ2n) is 6.06. The molecule has 0 aliphatic carbocycles. The number of carbonyl (C=O) groups is 1. The summed E-state index contributed by atoms with van der Waals surface area (Å²) < 4.78 is 74.6. The molecule has 3 rings (SSSR count). The Morgan fingerprint density at radius 3 is 1.87 bits per heavy atom. The van der Waals surface area contributed by atoms with E-state index in [9.17, 15) is 26.7 Å². The molecule has 0 saturated heterocycles. The number of benzene rings is 3. The van der Waals surface area contributed by atoms with Gasteiger partial charge in [-0.1, -0.05) is 26.0 Å². The Hall–Kier alpha value is -3.73. The lowest BCUT2D eigenvalue weighted by Crippen LogP contribution is -2.14. The van der Waals surface area contributed by atoms with Crippen molar-refractivity contribution in [3.8, 4) is 22.9 Å². The lowest BCUT2D eigenvalue weighted by molar-refractivity contribution is 0.0724. The molecule has 160 valence electrons. The van der Waals surface area contributed by atoms with Gasteiger partial charge in [-0.2, -0.15) is 5.26 Å². The second-order valence-corrected chi connectivity index (χ2v) is 6.06. The van der Waals surface area contributed by atoms with Crippen molar-refractivity contribution in [2.75, 3.05) is 0 Å². The van der Waals surface area contributed by atoms with Crippen molar-refractivity contribution in [3.05, 3.63) is 88.2 Å². The number of nitriles is 1. The van der Waals surface area contributed by atoms with Crippen LogP contribution in [-0.4, -0.2) is 5.97 Å². The number of hydrogen-bond donors (Lipinski definition) is 0. The van der Waals surface area contributed by atoms with E-state index < -0.39 is 51.9 Å². The lowest BCUT2D eigenvalue weighted by atomic mass is 10.0. The summed E-state index contributed by atoms with van der Waals surface area (Å²) in [5.74, 6) is -8.25. The van der Waals surface area contributed by atoms with Crippen LogP contribution >= 0.6 is 0 Å². The highest BCUT2D eigenvalue weighted by Gasteiger charge is 2.23. The Kier molecular flexibility index (Phi) is 7.48. The van der Waals surface area contributed by atoms with Gasteiger partial charge in [-0.3, -0.25) is 0 Å². The van der Waals surface area contributed by atoms with Crippen LogP contribution in [0.5, 0.6) is 5.75 Å². The SMILES string of the molecule is CC.Cc1ccc(-c2cc(F)c(C(=O)Oc3cc(F)c(C#N)c(F)c3)c(F)c2)c(F)c1. The first-order valence-electron chi connectivity index (χ1n) is 9.08. The van der Waals surface area contributed by atoms with E-state index in [1.807, 2.05) is 13.8 Å². The maximum atomic E-state index is 14.4. The Labute approximate surface area is 175 Å². The molecule has 31 heavy (non-hydrogen) atoms. The smallest absolute Gasteiger partial charge is 0.349 e. The molecule has 0 aliphatic rings. The van der Waals surface area contributed by atoms with Crippen molar-refractivity contribution in [1.29, 1.82) is 5.26 Å². The Bertz CT molecular complexity index is 1140. The monoisotopic (exact) mass is 433 g/mol. The second kappa shape index (κ2) is 9.85. The number of nitrogens with zero attached hydrogens (tertiary/aromatic N) is 1. The first-order chi connectivity index (χ1) is 14.7. The summed E-state index contributed by atoms with van der Waals surface area (Å²) in [4.78, 5) is 12.1. The van der Waals surface area contributed by atoms with Gasteiger partial charge in [0.1, 0.15) is 52.0 Å². The summed E-state index contributed by atoms with van der Waals surface area (Å²) in [6, 6.07) is 7.90. The molecule has 0 spiro atoms. The molecule has 3 aromatic carbocycles. The van der Waals surface area contributed by atoms with E-state index >= 15 is 0 Å². The molecule has 0 aromatic heterocycles. The fourth-order valence-electron chi connectivity index (χ4n) is 2.65. The number of hydrogen-bond acceptors (Lipinski definition) is 3. The van der Waals surface area contributed by atoms with E-state index in [4.69, 9.17) is 5.26 Å². The van der Waals surface area contributed by atoms with Gasteiger partial charge in [-0.15, -0.1) is 0 Å². The molecule has 0 radical (unpaired) electrons. The summed E-state index contributed by atoms with van der Waals surface area (Å²) >= 11 is 0. The maximum absolute atomic E-state index is 14.4. The number of esters is 1. The van der Waals surface area contributed by atoms with Gasteiger partial charge in [0.05, 0.1) is 0 Å². The van der Waals surface area contributed by atoms with Crippen molar-refractivity contribution < 1.29 is 31.5 Å². The van der Waals surface area contributed by atoms with Crippen LogP contribution in [0.3, 0.4) is 0 Å². The summed E-state index contributed by atoms with van der Waals surface area (Å²) in [6.07, 6.45) is 0.